The standard InChI is InChI=1S/C15H21ClN2O/c1-9-3-4-10(2)14(7-9)18-11-5-6-12(15(17)19)13(16)8-11/h5-6,8-10,14,18H,3-4,7H2,1-2H3,(H2,17,19). The number of hydrogen-bond acceptors (Lipinski definition) is 2. The molecule has 19 heavy (non-hydrogen) atoms. The number of halogens is 1. The van der Waals surface area contributed by atoms with Crippen molar-refractivity contribution in [1.29, 1.82) is 0 Å². The fourth-order valence-corrected chi connectivity index (χ4v) is 3.03. The number of hydrogen-bond donors (Lipinski definition) is 2. The highest BCUT2D eigenvalue weighted by Gasteiger charge is 2.25. The van der Waals surface area contributed by atoms with E-state index in [1.165, 1.54) is 19.3 Å². The van der Waals surface area contributed by atoms with E-state index in [-0.39, 0.29) is 0 Å². The molecule has 3 N–H and O–H groups in total. The molecule has 4 heteroatoms. The van der Waals surface area contributed by atoms with E-state index in [2.05, 4.69) is 19.2 Å². The Labute approximate surface area is 119 Å². The minimum Gasteiger partial charge on any atom is -0.382 e. The van der Waals surface area contributed by atoms with Gasteiger partial charge in [0.2, 0.25) is 5.91 Å². The summed E-state index contributed by atoms with van der Waals surface area (Å²) < 4.78 is 0. The molecule has 104 valence electrons. The normalized spacial score (nSPS) is 27.0. The lowest BCUT2D eigenvalue weighted by atomic mass is 9.80. The molecule has 0 radical (unpaired) electrons. The Morgan fingerprint density at radius 1 is 1.37 bits per heavy atom. The van der Waals surface area contributed by atoms with E-state index >= 15 is 0 Å². The summed E-state index contributed by atoms with van der Waals surface area (Å²) >= 11 is 6.07. The number of primary amides is 1. The molecule has 1 aromatic carbocycles. The van der Waals surface area contributed by atoms with Crippen LogP contribution in [0.5, 0.6) is 0 Å². The number of nitrogens with two attached hydrogens (primary N) is 1. The monoisotopic (exact) mass is 280 g/mol. The highest BCUT2D eigenvalue weighted by Crippen LogP contribution is 2.31. The lowest BCUT2D eigenvalue weighted by Gasteiger charge is -2.34. The number of benzene rings is 1. The molecule has 2 rings (SSSR count). The minimum absolute atomic E-state index is 0.372. The molecule has 0 heterocycles. The maximum absolute atomic E-state index is 11.1. The lowest BCUT2D eigenvalue weighted by Crippen LogP contribution is -2.33. The zero-order valence-corrected chi connectivity index (χ0v) is 12.2. The molecule has 0 saturated heterocycles. The van der Waals surface area contributed by atoms with E-state index in [9.17, 15) is 4.79 Å². The molecule has 0 aromatic heterocycles. The summed E-state index contributed by atoms with van der Waals surface area (Å²) in [5.41, 5.74) is 6.58. The maximum atomic E-state index is 11.1. The number of amides is 1. The van der Waals surface area contributed by atoms with Crippen LogP contribution in [0.2, 0.25) is 5.02 Å². The first-order valence-electron chi connectivity index (χ1n) is 6.83. The topological polar surface area (TPSA) is 55.1 Å². The number of rotatable bonds is 3. The largest absolute Gasteiger partial charge is 0.382 e. The van der Waals surface area contributed by atoms with E-state index in [0.717, 1.165) is 11.6 Å². The van der Waals surface area contributed by atoms with Crippen molar-refractivity contribution < 1.29 is 4.79 Å². The molecule has 0 bridgehead atoms. The number of carbonyl (C=O) groups excluding carboxylic acids is 1. The highest BCUT2D eigenvalue weighted by atomic mass is 35.5. The quantitative estimate of drug-likeness (QED) is 0.887. The van der Waals surface area contributed by atoms with Crippen LogP contribution in [0.3, 0.4) is 0 Å². The van der Waals surface area contributed by atoms with E-state index in [1.54, 1.807) is 12.1 Å². The van der Waals surface area contributed by atoms with Crippen molar-refractivity contribution in [3.63, 3.8) is 0 Å². The van der Waals surface area contributed by atoms with Gasteiger partial charge in [0, 0.05) is 11.7 Å². The van der Waals surface area contributed by atoms with Crippen LogP contribution in [0.15, 0.2) is 18.2 Å². The lowest BCUT2D eigenvalue weighted by molar-refractivity contribution is 0.100. The van der Waals surface area contributed by atoms with Gasteiger partial charge >= 0.3 is 0 Å². The van der Waals surface area contributed by atoms with Crippen LogP contribution in [0.25, 0.3) is 0 Å². The maximum Gasteiger partial charge on any atom is 0.250 e. The van der Waals surface area contributed by atoms with Gasteiger partial charge in [-0.15, -0.1) is 0 Å². The SMILES string of the molecule is CC1CCC(C)C(Nc2ccc(C(N)=O)c(Cl)c2)C1. The van der Waals surface area contributed by atoms with E-state index in [4.69, 9.17) is 17.3 Å². The first-order valence-corrected chi connectivity index (χ1v) is 7.21. The molecule has 1 saturated carbocycles. The van der Waals surface area contributed by atoms with E-state index in [0.29, 0.717) is 22.5 Å². The molecule has 3 unspecified atom stereocenters. The van der Waals surface area contributed by atoms with E-state index in [1.807, 2.05) is 6.07 Å². The Hall–Kier alpha value is -1.22. The number of carbonyl (C=O) groups is 1. The third-order valence-electron chi connectivity index (χ3n) is 4.04. The smallest absolute Gasteiger partial charge is 0.250 e. The molecule has 1 fully saturated rings. The molecular formula is C15H21ClN2O. The van der Waals surface area contributed by atoms with Gasteiger partial charge in [-0.25, -0.2) is 0 Å². The summed E-state index contributed by atoms with van der Waals surface area (Å²) in [7, 11) is 0. The number of nitrogens with one attached hydrogen (secondary N) is 1. The van der Waals surface area contributed by atoms with Gasteiger partial charge in [0.05, 0.1) is 10.6 Å². The molecule has 3 atom stereocenters. The van der Waals surface area contributed by atoms with Gasteiger partial charge < -0.3 is 11.1 Å². The van der Waals surface area contributed by atoms with Crippen LogP contribution in [0, 0.1) is 11.8 Å². The van der Waals surface area contributed by atoms with Crippen LogP contribution < -0.4 is 11.1 Å². The Morgan fingerprint density at radius 2 is 2.11 bits per heavy atom. The first-order chi connectivity index (χ1) is 8.97. The molecule has 1 amide bonds. The fraction of sp³-hybridized carbons (Fsp3) is 0.533. The molecule has 1 aliphatic rings. The molecule has 1 aromatic rings. The van der Waals surface area contributed by atoms with Crippen molar-refractivity contribution in [2.45, 2.75) is 39.2 Å². The second-order valence-electron chi connectivity index (χ2n) is 5.71. The van der Waals surface area contributed by atoms with Crippen LogP contribution in [0.1, 0.15) is 43.5 Å². The Bertz CT molecular complexity index is 475. The average molecular weight is 281 g/mol. The second-order valence-corrected chi connectivity index (χ2v) is 6.11. The van der Waals surface area contributed by atoms with Crippen molar-refractivity contribution in [2.75, 3.05) is 5.32 Å². The number of anilines is 1. The first kappa shape index (κ1) is 14.2. The highest BCUT2D eigenvalue weighted by molar-refractivity contribution is 6.34. The van der Waals surface area contributed by atoms with Gasteiger partial charge in [-0.3, -0.25) is 4.79 Å². The summed E-state index contributed by atoms with van der Waals surface area (Å²) in [6.45, 7) is 4.58. The predicted molar refractivity (Wildman–Crippen MR) is 79.6 cm³/mol. The van der Waals surface area contributed by atoms with Gasteiger partial charge in [0.1, 0.15) is 0 Å². The average Bonchev–Trinajstić information content (AvgIpc) is 2.33. The summed E-state index contributed by atoms with van der Waals surface area (Å²) in [6, 6.07) is 5.81. The minimum atomic E-state index is -0.490. The van der Waals surface area contributed by atoms with Gasteiger partial charge in [-0.1, -0.05) is 31.9 Å². The van der Waals surface area contributed by atoms with Crippen molar-refractivity contribution in [3.05, 3.63) is 28.8 Å². The van der Waals surface area contributed by atoms with Gasteiger partial charge in [-0.05, 0) is 42.9 Å². The molecule has 0 aliphatic heterocycles. The third-order valence-corrected chi connectivity index (χ3v) is 4.36. The third kappa shape index (κ3) is 3.41. The molecule has 3 nitrogen and oxygen atoms in total. The summed E-state index contributed by atoms with van der Waals surface area (Å²) in [5, 5.41) is 3.94. The molecule has 1 aliphatic carbocycles. The van der Waals surface area contributed by atoms with Gasteiger partial charge in [0.15, 0.2) is 0 Å². The van der Waals surface area contributed by atoms with Crippen LogP contribution in [-0.2, 0) is 0 Å². The fourth-order valence-electron chi connectivity index (χ4n) is 2.75. The van der Waals surface area contributed by atoms with Crippen molar-refractivity contribution in [2.24, 2.45) is 17.6 Å². The second kappa shape index (κ2) is 5.83. The molecule has 0 spiro atoms. The van der Waals surface area contributed by atoms with Crippen molar-refractivity contribution in [3.8, 4) is 0 Å². The van der Waals surface area contributed by atoms with Crippen LogP contribution >= 0.6 is 11.6 Å². The zero-order chi connectivity index (χ0) is 14.0. The summed E-state index contributed by atoms with van der Waals surface area (Å²) in [6.07, 6.45) is 3.74. The summed E-state index contributed by atoms with van der Waals surface area (Å²) in [4.78, 5) is 11.1. The Morgan fingerprint density at radius 3 is 2.74 bits per heavy atom. The summed E-state index contributed by atoms with van der Waals surface area (Å²) in [5.74, 6) is 0.927. The zero-order valence-electron chi connectivity index (χ0n) is 11.4. The van der Waals surface area contributed by atoms with E-state index < -0.39 is 5.91 Å². The Balaban J connectivity index is 2.10. The Kier molecular flexibility index (Phi) is 4.35. The van der Waals surface area contributed by atoms with Crippen LogP contribution in [-0.4, -0.2) is 11.9 Å². The van der Waals surface area contributed by atoms with Gasteiger partial charge in [-0.2, -0.15) is 0 Å². The van der Waals surface area contributed by atoms with Crippen LogP contribution in [0.4, 0.5) is 5.69 Å². The predicted octanol–water partition coefficient (Wildman–Crippen LogP) is 3.68. The van der Waals surface area contributed by atoms with Crippen molar-refractivity contribution in [1.82, 2.24) is 0 Å². The molecular weight excluding hydrogens is 260 g/mol. The van der Waals surface area contributed by atoms with Gasteiger partial charge in [0.25, 0.3) is 0 Å². The van der Waals surface area contributed by atoms with Crippen molar-refractivity contribution >= 4 is 23.2 Å².